The van der Waals surface area contributed by atoms with Crippen molar-refractivity contribution in [1.82, 2.24) is 14.7 Å². The Morgan fingerprint density at radius 2 is 2.00 bits per heavy atom. The second kappa shape index (κ2) is 6.39. The molecule has 0 radical (unpaired) electrons. The topological polar surface area (TPSA) is 61.9 Å². The monoisotopic (exact) mass is 300 g/mol. The van der Waals surface area contributed by atoms with Crippen LogP contribution in [0.15, 0.2) is 24.3 Å². The van der Waals surface area contributed by atoms with Gasteiger partial charge in [-0.3, -0.25) is 4.79 Å². The molecular formula is C16H17FN4O. The van der Waals surface area contributed by atoms with Gasteiger partial charge >= 0.3 is 0 Å². The van der Waals surface area contributed by atoms with Gasteiger partial charge in [-0.05, 0) is 38.1 Å². The maximum absolute atomic E-state index is 13.0. The average Bonchev–Trinajstić information content (AvgIpc) is 2.79. The van der Waals surface area contributed by atoms with Gasteiger partial charge < -0.3 is 4.90 Å². The molecule has 1 aromatic carbocycles. The van der Waals surface area contributed by atoms with Crippen LogP contribution in [0.5, 0.6) is 0 Å². The number of amides is 1. The van der Waals surface area contributed by atoms with Crippen molar-refractivity contribution in [3.63, 3.8) is 0 Å². The summed E-state index contributed by atoms with van der Waals surface area (Å²) in [4.78, 5) is 14.0. The molecule has 1 amide bonds. The molecule has 0 N–H and O–H groups in total. The predicted octanol–water partition coefficient (Wildman–Crippen LogP) is 2.61. The average molecular weight is 300 g/mol. The maximum atomic E-state index is 13.0. The predicted molar refractivity (Wildman–Crippen MR) is 80.2 cm³/mol. The third-order valence-electron chi connectivity index (χ3n) is 3.48. The molecule has 0 aliphatic carbocycles. The van der Waals surface area contributed by atoms with E-state index < -0.39 is 0 Å². The zero-order valence-corrected chi connectivity index (χ0v) is 12.8. The first-order chi connectivity index (χ1) is 10.5. The molecule has 6 heteroatoms. The van der Waals surface area contributed by atoms with Crippen LogP contribution in [0, 0.1) is 31.0 Å². The first-order valence-corrected chi connectivity index (χ1v) is 6.90. The largest absolute Gasteiger partial charge is 0.341 e. The normalized spacial score (nSPS) is 10.3. The number of benzene rings is 1. The summed E-state index contributed by atoms with van der Waals surface area (Å²) in [6, 6.07) is 7.95. The number of rotatable bonds is 4. The fraction of sp³-hybridized carbons (Fsp3) is 0.312. The van der Waals surface area contributed by atoms with Crippen molar-refractivity contribution in [2.24, 2.45) is 0 Å². The van der Waals surface area contributed by atoms with Gasteiger partial charge in [0.05, 0.1) is 35.1 Å². The number of hydrogen-bond donors (Lipinski definition) is 0. The Labute approximate surface area is 128 Å². The molecule has 0 saturated heterocycles. The Hall–Kier alpha value is -2.68. The molecule has 2 rings (SSSR count). The van der Waals surface area contributed by atoms with Crippen molar-refractivity contribution in [3.05, 3.63) is 47.0 Å². The minimum atomic E-state index is -0.321. The van der Waals surface area contributed by atoms with E-state index in [2.05, 4.69) is 5.10 Å². The van der Waals surface area contributed by atoms with Crippen LogP contribution in [-0.4, -0.2) is 34.2 Å². The minimum absolute atomic E-state index is 0.168. The molecule has 0 spiro atoms. The molecule has 0 atom stereocenters. The molecule has 1 heterocycles. The van der Waals surface area contributed by atoms with E-state index in [1.165, 1.54) is 17.0 Å². The lowest BCUT2D eigenvalue weighted by molar-refractivity contribution is 0.0796. The van der Waals surface area contributed by atoms with Gasteiger partial charge in [-0.2, -0.15) is 10.4 Å². The Kier molecular flexibility index (Phi) is 4.56. The Balaban J connectivity index is 2.37. The molecule has 0 aliphatic rings. The minimum Gasteiger partial charge on any atom is -0.341 e. The third-order valence-corrected chi connectivity index (χ3v) is 3.48. The van der Waals surface area contributed by atoms with Crippen LogP contribution in [-0.2, 0) is 0 Å². The molecule has 2 aromatic rings. The van der Waals surface area contributed by atoms with Gasteiger partial charge in [0, 0.05) is 13.6 Å². The van der Waals surface area contributed by atoms with E-state index in [0.29, 0.717) is 29.2 Å². The zero-order valence-electron chi connectivity index (χ0n) is 12.8. The highest BCUT2D eigenvalue weighted by Crippen LogP contribution is 2.19. The zero-order chi connectivity index (χ0) is 16.3. The number of nitrogens with zero attached hydrogens (tertiary/aromatic N) is 4. The molecule has 0 unspecified atom stereocenters. The lowest BCUT2D eigenvalue weighted by Gasteiger charge is -2.15. The number of nitriles is 1. The van der Waals surface area contributed by atoms with Gasteiger partial charge in [0.2, 0.25) is 0 Å². The highest BCUT2D eigenvalue weighted by Gasteiger charge is 2.22. The van der Waals surface area contributed by atoms with Crippen molar-refractivity contribution in [3.8, 4) is 11.8 Å². The van der Waals surface area contributed by atoms with Crippen LogP contribution in [0.4, 0.5) is 4.39 Å². The van der Waals surface area contributed by atoms with E-state index in [-0.39, 0.29) is 18.1 Å². The van der Waals surface area contributed by atoms with Crippen LogP contribution in [0.25, 0.3) is 5.69 Å². The molecule has 0 aliphatic heterocycles. The summed E-state index contributed by atoms with van der Waals surface area (Å²) < 4.78 is 14.6. The molecular weight excluding hydrogens is 283 g/mol. The van der Waals surface area contributed by atoms with E-state index in [1.807, 2.05) is 6.07 Å². The first kappa shape index (κ1) is 15.7. The fourth-order valence-corrected chi connectivity index (χ4v) is 2.30. The number of carbonyl (C=O) groups is 1. The van der Waals surface area contributed by atoms with Crippen molar-refractivity contribution in [1.29, 1.82) is 5.26 Å². The summed E-state index contributed by atoms with van der Waals surface area (Å²) >= 11 is 0. The standard InChI is InChI=1S/C16H17FN4O/c1-11-15(16(22)20(3)10-4-9-18)12(2)21(19-11)14-7-5-13(17)6-8-14/h5-8H,4,10H2,1-3H3. The highest BCUT2D eigenvalue weighted by atomic mass is 19.1. The molecule has 114 valence electrons. The van der Waals surface area contributed by atoms with E-state index in [0.717, 1.165) is 0 Å². The number of hydrogen-bond acceptors (Lipinski definition) is 3. The van der Waals surface area contributed by atoms with Gasteiger partial charge in [0.15, 0.2) is 0 Å². The molecule has 0 bridgehead atoms. The van der Waals surface area contributed by atoms with Gasteiger partial charge in [-0.25, -0.2) is 9.07 Å². The Morgan fingerprint density at radius 1 is 1.36 bits per heavy atom. The van der Waals surface area contributed by atoms with Crippen molar-refractivity contribution in [2.45, 2.75) is 20.3 Å². The quantitative estimate of drug-likeness (QED) is 0.872. The van der Waals surface area contributed by atoms with Crippen LogP contribution in [0.2, 0.25) is 0 Å². The molecule has 1 aromatic heterocycles. The van der Waals surface area contributed by atoms with Crippen LogP contribution >= 0.6 is 0 Å². The number of carbonyl (C=O) groups excluding carboxylic acids is 1. The Morgan fingerprint density at radius 3 is 2.59 bits per heavy atom. The second-order valence-electron chi connectivity index (χ2n) is 5.07. The van der Waals surface area contributed by atoms with Crippen LogP contribution in [0.3, 0.4) is 0 Å². The second-order valence-corrected chi connectivity index (χ2v) is 5.07. The highest BCUT2D eigenvalue weighted by molar-refractivity contribution is 5.96. The van der Waals surface area contributed by atoms with Crippen molar-refractivity contribution < 1.29 is 9.18 Å². The van der Waals surface area contributed by atoms with Crippen molar-refractivity contribution >= 4 is 5.91 Å². The van der Waals surface area contributed by atoms with E-state index in [4.69, 9.17) is 5.26 Å². The van der Waals surface area contributed by atoms with Crippen LogP contribution < -0.4 is 0 Å². The van der Waals surface area contributed by atoms with E-state index >= 15 is 0 Å². The van der Waals surface area contributed by atoms with Gasteiger partial charge in [-0.15, -0.1) is 0 Å². The molecule has 5 nitrogen and oxygen atoms in total. The lowest BCUT2D eigenvalue weighted by atomic mass is 10.1. The van der Waals surface area contributed by atoms with Gasteiger partial charge in [-0.1, -0.05) is 0 Å². The number of halogens is 1. The fourth-order valence-electron chi connectivity index (χ4n) is 2.30. The van der Waals surface area contributed by atoms with Crippen molar-refractivity contribution in [2.75, 3.05) is 13.6 Å². The SMILES string of the molecule is Cc1nn(-c2ccc(F)cc2)c(C)c1C(=O)N(C)CCC#N. The van der Waals surface area contributed by atoms with E-state index in [1.54, 1.807) is 37.7 Å². The summed E-state index contributed by atoms with van der Waals surface area (Å²) in [6.07, 6.45) is 0.284. The Bertz CT molecular complexity index is 728. The summed E-state index contributed by atoms with van der Waals surface area (Å²) in [7, 11) is 1.66. The molecule has 22 heavy (non-hydrogen) atoms. The van der Waals surface area contributed by atoms with Gasteiger partial charge in [0.1, 0.15) is 5.82 Å². The molecule has 0 fully saturated rings. The number of aryl methyl sites for hydroxylation is 1. The lowest BCUT2D eigenvalue weighted by Crippen LogP contribution is -2.28. The summed E-state index contributed by atoms with van der Waals surface area (Å²) in [6.45, 7) is 3.93. The smallest absolute Gasteiger partial charge is 0.257 e. The number of aromatic nitrogens is 2. The summed E-state index contributed by atoms with van der Waals surface area (Å²) in [5.74, 6) is -0.489. The van der Waals surface area contributed by atoms with E-state index in [9.17, 15) is 9.18 Å². The third kappa shape index (κ3) is 2.98. The summed E-state index contributed by atoms with van der Waals surface area (Å²) in [5.41, 5.74) is 2.51. The maximum Gasteiger partial charge on any atom is 0.257 e. The van der Waals surface area contributed by atoms with Crippen LogP contribution in [0.1, 0.15) is 28.2 Å². The summed E-state index contributed by atoms with van der Waals surface area (Å²) in [5, 5.41) is 13.0. The molecule has 0 saturated carbocycles. The van der Waals surface area contributed by atoms with Gasteiger partial charge in [0.25, 0.3) is 5.91 Å². The first-order valence-electron chi connectivity index (χ1n) is 6.90.